The predicted octanol–water partition coefficient (Wildman–Crippen LogP) is 5.21. The minimum atomic E-state index is -5.57. The van der Waals surface area contributed by atoms with Gasteiger partial charge in [-0.1, -0.05) is 78.9 Å². The Morgan fingerprint density at radius 2 is 1.00 bits per heavy atom. The van der Waals surface area contributed by atoms with Crippen molar-refractivity contribution in [2.75, 3.05) is 73.0 Å². The van der Waals surface area contributed by atoms with Crippen LogP contribution in [0.25, 0.3) is 34.9 Å². The molecule has 0 aliphatic carbocycles. The number of nitrogens with zero attached hydrogens (tertiary/aromatic N) is 8. The number of hydrogen-bond acceptors (Lipinski definition) is 16. The highest BCUT2D eigenvalue weighted by atomic mass is 32.2. The van der Waals surface area contributed by atoms with Gasteiger partial charge in [-0.3, -0.25) is 9.11 Å². The van der Waals surface area contributed by atoms with E-state index >= 15 is 0 Å². The van der Waals surface area contributed by atoms with Gasteiger partial charge in [0.15, 0.2) is 11.6 Å². The fourth-order valence-corrected chi connectivity index (χ4v) is 8.83. The number of anilines is 6. The van der Waals surface area contributed by atoms with Crippen molar-refractivity contribution in [1.29, 1.82) is 0 Å². The molecule has 0 saturated carbocycles. The van der Waals surface area contributed by atoms with Gasteiger partial charge in [0.1, 0.15) is 9.79 Å². The molecule has 0 radical (unpaired) electrons. The van der Waals surface area contributed by atoms with E-state index in [2.05, 4.69) is 20.6 Å². The maximum Gasteiger partial charge on any atom is 0.296 e. The Morgan fingerprint density at radius 3 is 1.48 bits per heavy atom. The second-order valence-electron chi connectivity index (χ2n) is 13.5. The highest BCUT2D eigenvalue weighted by Gasteiger charge is 2.36. The minimum absolute atomic E-state index is 0.0440. The van der Waals surface area contributed by atoms with Gasteiger partial charge in [-0.25, -0.2) is 0 Å². The first-order valence-corrected chi connectivity index (χ1v) is 21.6. The molecule has 0 spiro atoms. The highest BCUT2D eigenvalue weighted by molar-refractivity contribution is 7.89. The van der Waals surface area contributed by atoms with Crippen LogP contribution in [0.5, 0.6) is 0 Å². The molecule has 2 aromatic heterocycles. The molecule has 6 aromatic rings. The molecule has 0 amide bonds. The van der Waals surface area contributed by atoms with Gasteiger partial charge >= 0.3 is 0 Å². The monoisotopic (exact) mass is 850 g/mol. The van der Waals surface area contributed by atoms with Crippen molar-refractivity contribution in [2.24, 2.45) is 0 Å². The molecule has 60 heavy (non-hydrogen) atoms. The third-order valence-corrected chi connectivity index (χ3v) is 11.4. The molecule has 2 saturated heterocycles. The largest absolute Gasteiger partial charge is 0.378 e. The van der Waals surface area contributed by atoms with E-state index in [0.717, 1.165) is 0 Å². The van der Waals surface area contributed by atoms with Crippen LogP contribution in [-0.2, 0) is 29.7 Å². The molecule has 2 fully saturated rings. The van der Waals surface area contributed by atoms with Crippen LogP contribution in [-0.4, -0.2) is 108 Å². The summed E-state index contributed by atoms with van der Waals surface area (Å²) in [5.74, 6) is -0.237. The van der Waals surface area contributed by atoms with Gasteiger partial charge in [-0.2, -0.15) is 46.7 Å². The first-order valence-electron chi connectivity index (χ1n) is 18.7. The average molecular weight is 851 g/mol. The lowest BCUT2D eigenvalue weighted by molar-refractivity contribution is 0.122. The van der Waals surface area contributed by atoms with Crippen molar-refractivity contribution in [3.63, 3.8) is 0 Å². The normalized spacial score (nSPS) is 15.0. The molecule has 4 heterocycles. The first-order chi connectivity index (χ1) is 29.0. The zero-order chi connectivity index (χ0) is 41.7. The molecule has 0 unspecified atom stereocenters. The summed E-state index contributed by atoms with van der Waals surface area (Å²) in [6.45, 7) is 2.98. The van der Waals surface area contributed by atoms with Gasteiger partial charge in [-0.05, 0) is 41.5 Å². The lowest BCUT2D eigenvalue weighted by atomic mass is 10.0. The Labute approximate surface area is 345 Å². The second-order valence-corrected chi connectivity index (χ2v) is 16.2. The molecule has 2 aliphatic rings. The van der Waals surface area contributed by atoms with Gasteiger partial charge in [0.05, 0.1) is 32.0 Å². The zero-order valence-corrected chi connectivity index (χ0v) is 33.4. The Kier molecular flexibility index (Phi) is 11.7. The molecule has 0 bridgehead atoms. The van der Waals surface area contributed by atoms with Crippen LogP contribution in [0.2, 0.25) is 0 Å². The molecule has 20 heteroatoms. The standard InChI is InChI=1S/C40H38N10O8S2/c51-59(52,53)33-28(17-16-27-10-4-1-5-11-27)26-31(35-43-37(41-29-12-6-2-7-13-29)47-39(45-35)49-18-22-57-23-19-49)32(34(33)60(54,55)56)36-44-38(42-30-14-8-3-9-15-30)48-40(46-36)50-20-24-58-25-21-50/h1-17,26H,18-25H2,(H,51,52,53)(H,54,55,56)(H,41,43,45,47)(H,42,44,46,48). The van der Waals surface area contributed by atoms with Crippen LogP contribution in [0.3, 0.4) is 0 Å². The van der Waals surface area contributed by atoms with E-state index < -0.39 is 35.6 Å². The smallest absolute Gasteiger partial charge is 0.296 e. The van der Waals surface area contributed by atoms with Gasteiger partial charge in [0.25, 0.3) is 20.2 Å². The van der Waals surface area contributed by atoms with E-state index in [9.17, 15) is 25.9 Å². The molecule has 8 rings (SSSR count). The summed E-state index contributed by atoms with van der Waals surface area (Å²) in [4.78, 5) is 29.5. The van der Waals surface area contributed by atoms with Crippen LogP contribution in [0.1, 0.15) is 11.1 Å². The number of ether oxygens (including phenoxy) is 2. The highest BCUT2D eigenvalue weighted by Crippen LogP contribution is 2.42. The summed E-state index contributed by atoms with van der Waals surface area (Å²) >= 11 is 0. The lowest BCUT2D eigenvalue weighted by Gasteiger charge is -2.28. The molecule has 0 atom stereocenters. The molecule has 4 N–H and O–H groups in total. The van der Waals surface area contributed by atoms with Crippen molar-refractivity contribution in [2.45, 2.75) is 9.79 Å². The van der Waals surface area contributed by atoms with Crippen molar-refractivity contribution >= 4 is 67.6 Å². The fourth-order valence-electron chi connectivity index (χ4n) is 6.63. The molecule has 4 aromatic carbocycles. The lowest BCUT2D eigenvalue weighted by Crippen LogP contribution is -2.37. The van der Waals surface area contributed by atoms with Crippen molar-refractivity contribution in [1.82, 2.24) is 29.9 Å². The topological polar surface area (TPSA) is 235 Å². The van der Waals surface area contributed by atoms with E-state index in [0.29, 0.717) is 69.5 Å². The zero-order valence-electron chi connectivity index (χ0n) is 31.8. The number of morpholine rings is 2. The van der Waals surface area contributed by atoms with Crippen LogP contribution >= 0.6 is 0 Å². The van der Waals surface area contributed by atoms with Gasteiger partial charge in [-0.15, -0.1) is 0 Å². The van der Waals surface area contributed by atoms with Gasteiger partial charge in [0, 0.05) is 43.1 Å². The van der Waals surface area contributed by atoms with Crippen LogP contribution in [0.15, 0.2) is 107 Å². The van der Waals surface area contributed by atoms with Crippen LogP contribution in [0, 0.1) is 0 Å². The van der Waals surface area contributed by atoms with Crippen molar-refractivity contribution < 1.29 is 35.4 Å². The van der Waals surface area contributed by atoms with E-state index in [4.69, 9.17) is 29.4 Å². The molecule has 308 valence electrons. The summed E-state index contributed by atoms with van der Waals surface area (Å²) in [6.07, 6.45) is 2.83. The molecular formula is C40H38N10O8S2. The van der Waals surface area contributed by atoms with Crippen molar-refractivity contribution in [3.8, 4) is 22.8 Å². The van der Waals surface area contributed by atoms with Crippen LogP contribution < -0.4 is 20.4 Å². The number of benzene rings is 4. The van der Waals surface area contributed by atoms with E-state index in [1.54, 1.807) is 71.6 Å². The molecular weight excluding hydrogens is 813 g/mol. The maximum atomic E-state index is 13.8. The third kappa shape index (κ3) is 9.38. The summed E-state index contributed by atoms with van der Waals surface area (Å²) in [5.41, 5.74) is 0.844. The summed E-state index contributed by atoms with van der Waals surface area (Å²) < 4.78 is 87.8. The minimum Gasteiger partial charge on any atom is -0.378 e. The Hall–Kier alpha value is -6.42. The summed E-state index contributed by atoms with van der Waals surface area (Å²) in [5, 5.41) is 6.29. The van der Waals surface area contributed by atoms with Gasteiger partial charge < -0.3 is 29.9 Å². The first kappa shape index (κ1) is 40.4. The van der Waals surface area contributed by atoms with Crippen LogP contribution in [0.4, 0.5) is 35.2 Å². The molecule has 2 aliphatic heterocycles. The fraction of sp³-hybridized carbons (Fsp3) is 0.200. The maximum absolute atomic E-state index is 13.8. The average Bonchev–Trinajstić information content (AvgIpc) is 3.26. The SMILES string of the molecule is O=S(=O)(O)c1c(C=Cc2ccccc2)cc(-c2nc(Nc3ccccc3)nc(N3CCOCC3)n2)c(-c2nc(Nc3ccccc3)nc(N3CCOCC3)n2)c1S(=O)(=O)O. The summed E-state index contributed by atoms with van der Waals surface area (Å²) in [6, 6.07) is 28.1. The van der Waals surface area contributed by atoms with E-state index in [1.165, 1.54) is 18.2 Å². The summed E-state index contributed by atoms with van der Waals surface area (Å²) in [7, 11) is -11.0. The Balaban J connectivity index is 1.46. The number of rotatable bonds is 12. The van der Waals surface area contributed by atoms with Gasteiger partial charge in [0.2, 0.25) is 23.8 Å². The number of hydrogen-bond donors (Lipinski definition) is 4. The Bertz CT molecular complexity index is 2740. The Morgan fingerprint density at radius 1 is 0.550 bits per heavy atom. The number of aromatic nitrogens is 6. The second kappa shape index (κ2) is 17.4. The predicted molar refractivity (Wildman–Crippen MR) is 225 cm³/mol. The number of para-hydroxylation sites is 2. The van der Waals surface area contributed by atoms with E-state index in [-0.39, 0.29) is 46.6 Å². The number of nitrogens with one attached hydrogen (secondary N) is 2. The van der Waals surface area contributed by atoms with Crippen molar-refractivity contribution in [3.05, 3.63) is 108 Å². The quantitative estimate of drug-likeness (QED) is 0.0913. The van der Waals surface area contributed by atoms with E-state index in [1.807, 2.05) is 29.2 Å². The molecule has 18 nitrogen and oxygen atoms in total. The third-order valence-electron chi connectivity index (χ3n) is 9.39.